The maximum absolute atomic E-state index is 8.78. The Hall–Kier alpha value is -2.19. The number of methoxy groups -OCH3 is 1. The first-order valence-corrected chi connectivity index (χ1v) is 5.07. The standard InChI is InChI=1S/C12H11N3O2/c1-8-5-9(6-13)3-4-10(8)12-14-11(7-16-2)15-17-12/h3-5H,7H2,1-2H3. The molecule has 0 fully saturated rings. The van der Waals surface area contributed by atoms with Gasteiger partial charge in [0, 0.05) is 12.7 Å². The van der Waals surface area contributed by atoms with E-state index in [1.54, 1.807) is 25.3 Å². The number of aromatic nitrogens is 2. The summed E-state index contributed by atoms with van der Waals surface area (Å²) in [4.78, 5) is 4.20. The summed E-state index contributed by atoms with van der Waals surface area (Å²) in [5, 5.41) is 12.6. The van der Waals surface area contributed by atoms with Crippen LogP contribution in [0.2, 0.25) is 0 Å². The van der Waals surface area contributed by atoms with E-state index in [0.29, 0.717) is 23.9 Å². The lowest BCUT2D eigenvalue weighted by molar-refractivity contribution is 0.174. The number of hydrogen-bond acceptors (Lipinski definition) is 5. The van der Waals surface area contributed by atoms with E-state index in [2.05, 4.69) is 16.2 Å². The second-order valence-corrected chi connectivity index (χ2v) is 3.59. The molecular weight excluding hydrogens is 218 g/mol. The molecule has 0 radical (unpaired) electrons. The van der Waals surface area contributed by atoms with Crippen LogP contribution in [0.4, 0.5) is 0 Å². The topological polar surface area (TPSA) is 71.9 Å². The van der Waals surface area contributed by atoms with Crippen LogP contribution in [-0.2, 0) is 11.3 Å². The minimum absolute atomic E-state index is 0.318. The molecular formula is C12H11N3O2. The van der Waals surface area contributed by atoms with Gasteiger partial charge in [-0.25, -0.2) is 0 Å². The number of ether oxygens (including phenoxy) is 1. The molecule has 1 heterocycles. The Labute approximate surface area is 98.6 Å². The molecule has 0 aliphatic rings. The van der Waals surface area contributed by atoms with Gasteiger partial charge >= 0.3 is 0 Å². The first-order valence-electron chi connectivity index (χ1n) is 5.07. The maximum atomic E-state index is 8.78. The highest BCUT2D eigenvalue weighted by Gasteiger charge is 2.11. The molecule has 1 aromatic heterocycles. The van der Waals surface area contributed by atoms with E-state index in [1.165, 1.54) is 0 Å². The number of aryl methyl sites for hydroxylation is 1. The fourth-order valence-electron chi connectivity index (χ4n) is 1.52. The van der Waals surface area contributed by atoms with Gasteiger partial charge in [0.25, 0.3) is 5.89 Å². The van der Waals surface area contributed by atoms with Crippen molar-refractivity contribution in [3.63, 3.8) is 0 Å². The third kappa shape index (κ3) is 2.32. The summed E-state index contributed by atoms with van der Waals surface area (Å²) in [5.74, 6) is 0.949. The first kappa shape index (κ1) is 11.3. The van der Waals surface area contributed by atoms with E-state index in [9.17, 15) is 0 Å². The molecule has 0 spiro atoms. The van der Waals surface area contributed by atoms with Crippen molar-refractivity contribution in [2.75, 3.05) is 7.11 Å². The van der Waals surface area contributed by atoms with Gasteiger partial charge in [0.1, 0.15) is 6.61 Å². The molecule has 0 aliphatic heterocycles. The van der Waals surface area contributed by atoms with Gasteiger partial charge in [-0.05, 0) is 30.7 Å². The molecule has 5 heteroatoms. The van der Waals surface area contributed by atoms with Crippen LogP contribution in [0.3, 0.4) is 0 Å². The Balaban J connectivity index is 2.36. The Bertz CT molecular complexity index is 569. The molecule has 0 atom stereocenters. The Morgan fingerprint density at radius 2 is 2.29 bits per heavy atom. The number of benzene rings is 1. The quantitative estimate of drug-likeness (QED) is 0.805. The van der Waals surface area contributed by atoms with Crippen molar-refractivity contribution in [3.8, 4) is 17.5 Å². The zero-order chi connectivity index (χ0) is 12.3. The highest BCUT2D eigenvalue weighted by molar-refractivity contribution is 5.60. The summed E-state index contributed by atoms with van der Waals surface area (Å²) in [6.07, 6.45) is 0. The van der Waals surface area contributed by atoms with Crippen molar-refractivity contribution in [1.29, 1.82) is 5.26 Å². The molecule has 0 amide bonds. The van der Waals surface area contributed by atoms with E-state index < -0.39 is 0 Å². The molecule has 0 unspecified atom stereocenters. The molecule has 0 saturated carbocycles. The zero-order valence-electron chi connectivity index (χ0n) is 9.60. The van der Waals surface area contributed by atoms with E-state index in [0.717, 1.165) is 11.1 Å². The summed E-state index contributed by atoms with van der Waals surface area (Å²) in [5.41, 5.74) is 2.37. The number of nitrogens with zero attached hydrogens (tertiary/aromatic N) is 3. The number of rotatable bonds is 3. The van der Waals surface area contributed by atoms with E-state index in [1.807, 2.05) is 6.92 Å². The van der Waals surface area contributed by atoms with Crippen LogP contribution in [0.15, 0.2) is 22.7 Å². The lowest BCUT2D eigenvalue weighted by Crippen LogP contribution is -1.90. The van der Waals surface area contributed by atoms with Crippen LogP contribution in [0.25, 0.3) is 11.5 Å². The number of nitriles is 1. The molecule has 2 rings (SSSR count). The van der Waals surface area contributed by atoms with Crippen molar-refractivity contribution >= 4 is 0 Å². The van der Waals surface area contributed by atoms with Gasteiger partial charge in [-0.1, -0.05) is 5.16 Å². The van der Waals surface area contributed by atoms with E-state index in [4.69, 9.17) is 14.5 Å². The first-order chi connectivity index (χ1) is 8.24. The van der Waals surface area contributed by atoms with Gasteiger partial charge in [0.05, 0.1) is 11.6 Å². The van der Waals surface area contributed by atoms with Crippen molar-refractivity contribution < 1.29 is 9.26 Å². The summed E-state index contributed by atoms with van der Waals surface area (Å²) < 4.78 is 10.0. The third-order valence-electron chi connectivity index (χ3n) is 2.33. The van der Waals surface area contributed by atoms with Crippen molar-refractivity contribution in [2.45, 2.75) is 13.5 Å². The molecule has 0 N–H and O–H groups in total. The normalized spacial score (nSPS) is 10.2. The molecule has 5 nitrogen and oxygen atoms in total. The van der Waals surface area contributed by atoms with Crippen LogP contribution >= 0.6 is 0 Å². The van der Waals surface area contributed by atoms with Crippen molar-refractivity contribution in [3.05, 3.63) is 35.2 Å². The van der Waals surface area contributed by atoms with Crippen LogP contribution in [0.5, 0.6) is 0 Å². The van der Waals surface area contributed by atoms with Crippen LogP contribution < -0.4 is 0 Å². The summed E-state index contributed by atoms with van der Waals surface area (Å²) in [6, 6.07) is 7.40. The number of hydrogen-bond donors (Lipinski definition) is 0. The van der Waals surface area contributed by atoms with Crippen molar-refractivity contribution in [2.24, 2.45) is 0 Å². The maximum Gasteiger partial charge on any atom is 0.258 e. The minimum Gasteiger partial charge on any atom is -0.377 e. The molecule has 2 aromatic rings. The Morgan fingerprint density at radius 1 is 1.47 bits per heavy atom. The van der Waals surface area contributed by atoms with Gasteiger partial charge in [-0.15, -0.1) is 0 Å². The molecule has 86 valence electrons. The Kier molecular flexibility index (Phi) is 3.17. The predicted octanol–water partition coefficient (Wildman–Crippen LogP) is 2.06. The van der Waals surface area contributed by atoms with E-state index >= 15 is 0 Å². The van der Waals surface area contributed by atoms with Gasteiger partial charge in [-0.3, -0.25) is 0 Å². The van der Waals surface area contributed by atoms with Crippen LogP contribution in [0, 0.1) is 18.3 Å². The molecule has 0 aliphatic carbocycles. The van der Waals surface area contributed by atoms with Gasteiger partial charge < -0.3 is 9.26 Å². The highest BCUT2D eigenvalue weighted by atomic mass is 16.5. The fourth-order valence-corrected chi connectivity index (χ4v) is 1.52. The second-order valence-electron chi connectivity index (χ2n) is 3.59. The largest absolute Gasteiger partial charge is 0.377 e. The molecule has 0 saturated heterocycles. The SMILES string of the molecule is COCc1noc(-c2ccc(C#N)cc2C)n1. The minimum atomic E-state index is 0.318. The smallest absolute Gasteiger partial charge is 0.258 e. The average molecular weight is 229 g/mol. The lowest BCUT2D eigenvalue weighted by Gasteiger charge is -1.99. The average Bonchev–Trinajstić information content (AvgIpc) is 2.78. The predicted molar refractivity (Wildman–Crippen MR) is 59.9 cm³/mol. The third-order valence-corrected chi connectivity index (χ3v) is 2.33. The zero-order valence-corrected chi connectivity index (χ0v) is 9.60. The molecule has 0 bridgehead atoms. The van der Waals surface area contributed by atoms with Gasteiger partial charge in [0.2, 0.25) is 0 Å². The van der Waals surface area contributed by atoms with Crippen molar-refractivity contribution in [1.82, 2.24) is 10.1 Å². The van der Waals surface area contributed by atoms with Gasteiger partial charge in [0.15, 0.2) is 5.82 Å². The summed E-state index contributed by atoms with van der Waals surface area (Å²) in [6.45, 7) is 2.22. The van der Waals surface area contributed by atoms with Crippen LogP contribution in [-0.4, -0.2) is 17.3 Å². The fraction of sp³-hybridized carbons (Fsp3) is 0.250. The second kappa shape index (κ2) is 4.76. The Morgan fingerprint density at radius 3 is 2.94 bits per heavy atom. The summed E-state index contributed by atoms with van der Waals surface area (Å²) in [7, 11) is 1.57. The highest BCUT2D eigenvalue weighted by Crippen LogP contribution is 2.22. The lowest BCUT2D eigenvalue weighted by atomic mass is 10.1. The van der Waals surface area contributed by atoms with Crippen LogP contribution in [0.1, 0.15) is 17.0 Å². The summed E-state index contributed by atoms with van der Waals surface area (Å²) >= 11 is 0. The van der Waals surface area contributed by atoms with Gasteiger partial charge in [-0.2, -0.15) is 10.2 Å². The molecule has 17 heavy (non-hydrogen) atoms. The molecule has 1 aromatic carbocycles. The monoisotopic (exact) mass is 229 g/mol. The van der Waals surface area contributed by atoms with E-state index in [-0.39, 0.29) is 0 Å².